The first kappa shape index (κ1) is 17.3. The number of hydrogen-bond acceptors (Lipinski definition) is 7. The number of hydrogen-bond donors (Lipinski definition) is 1. The average molecular weight is 393 g/mol. The summed E-state index contributed by atoms with van der Waals surface area (Å²) >= 11 is 8.34. The van der Waals surface area contributed by atoms with Crippen molar-refractivity contribution in [2.24, 2.45) is 0 Å². The molecule has 1 heterocycles. The van der Waals surface area contributed by atoms with Crippen molar-refractivity contribution in [1.29, 1.82) is 0 Å². The number of nitrogens with zero attached hydrogens (tertiary/aromatic N) is 3. The molecule has 0 bridgehead atoms. The second-order valence-electron chi connectivity index (χ2n) is 4.69. The molecule has 25 heavy (non-hydrogen) atoms. The van der Waals surface area contributed by atoms with Crippen molar-refractivity contribution in [1.82, 2.24) is 10.2 Å². The van der Waals surface area contributed by atoms with Gasteiger partial charge in [0.1, 0.15) is 5.51 Å². The minimum absolute atomic E-state index is 0.164. The molecule has 0 radical (unpaired) electrons. The molecule has 1 N–H and O–H groups in total. The van der Waals surface area contributed by atoms with Gasteiger partial charge in [0.15, 0.2) is 0 Å². The van der Waals surface area contributed by atoms with Crippen molar-refractivity contribution in [2.45, 2.75) is 9.79 Å². The maximum absolute atomic E-state index is 12.5. The van der Waals surface area contributed by atoms with E-state index >= 15 is 0 Å². The topological polar surface area (TPSA) is 98.0 Å². The summed E-state index contributed by atoms with van der Waals surface area (Å²) in [5, 5.41) is 21.9. The number of nitro benzene ring substituents is 1. The first-order valence-corrected chi connectivity index (χ1v) is 8.90. The molecule has 10 heteroatoms. The van der Waals surface area contributed by atoms with Crippen LogP contribution in [0, 0.1) is 10.1 Å². The molecule has 2 aromatic carbocycles. The molecule has 0 aliphatic heterocycles. The molecule has 1 aromatic heterocycles. The van der Waals surface area contributed by atoms with Crippen LogP contribution in [-0.2, 0) is 0 Å². The number of aromatic nitrogens is 2. The lowest BCUT2D eigenvalue weighted by Crippen LogP contribution is -2.13. The van der Waals surface area contributed by atoms with Gasteiger partial charge in [-0.05, 0) is 30.3 Å². The first-order valence-electron chi connectivity index (χ1n) is 6.82. The molecule has 0 fully saturated rings. The summed E-state index contributed by atoms with van der Waals surface area (Å²) in [6.07, 6.45) is 0. The average Bonchev–Trinajstić information content (AvgIpc) is 3.10. The molecule has 7 nitrogen and oxygen atoms in total. The third-order valence-corrected chi connectivity index (χ3v) is 4.98. The van der Waals surface area contributed by atoms with E-state index in [0.717, 1.165) is 16.2 Å². The number of benzene rings is 2. The number of carbonyl (C=O) groups is 1. The van der Waals surface area contributed by atoms with Gasteiger partial charge in [0.05, 0.1) is 10.5 Å². The number of rotatable bonds is 5. The van der Waals surface area contributed by atoms with Crippen LogP contribution in [0.5, 0.6) is 0 Å². The second kappa shape index (κ2) is 7.60. The van der Waals surface area contributed by atoms with Gasteiger partial charge in [-0.25, -0.2) is 0 Å². The van der Waals surface area contributed by atoms with Gasteiger partial charge in [-0.2, -0.15) is 0 Å². The van der Waals surface area contributed by atoms with Crippen molar-refractivity contribution in [2.75, 3.05) is 5.32 Å². The van der Waals surface area contributed by atoms with Crippen LogP contribution >= 0.6 is 34.7 Å². The predicted molar refractivity (Wildman–Crippen MR) is 96.5 cm³/mol. The molecular formula is C15H9ClN4O3S2. The number of halogens is 1. The summed E-state index contributed by atoms with van der Waals surface area (Å²) in [5.41, 5.74) is 1.50. The van der Waals surface area contributed by atoms with Crippen LogP contribution in [0.4, 0.5) is 10.8 Å². The number of non-ortho nitro benzene ring substituents is 1. The molecule has 3 aromatic rings. The molecule has 1 amide bonds. The third kappa shape index (κ3) is 4.32. The molecule has 0 spiro atoms. The first-order chi connectivity index (χ1) is 12.0. The number of carbonyl (C=O) groups excluding carboxylic acids is 1. The quantitative estimate of drug-likeness (QED) is 0.507. The van der Waals surface area contributed by atoms with Gasteiger partial charge in [-0.3, -0.25) is 20.2 Å². The summed E-state index contributed by atoms with van der Waals surface area (Å²) in [6, 6.07) is 11.2. The molecule has 0 aliphatic rings. The van der Waals surface area contributed by atoms with Gasteiger partial charge >= 0.3 is 0 Å². The number of nitro groups is 1. The minimum atomic E-state index is -0.543. The van der Waals surface area contributed by atoms with Gasteiger partial charge in [-0.15, -0.1) is 10.2 Å². The largest absolute Gasteiger partial charge is 0.296 e. The Bertz CT molecular complexity index is 917. The highest BCUT2D eigenvalue weighted by Crippen LogP contribution is 2.33. The summed E-state index contributed by atoms with van der Waals surface area (Å²) in [7, 11) is 0. The number of amides is 1. The van der Waals surface area contributed by atoms with Gasteiger partial charge in [-0.1, -0.05) is 34.7 Å². The fourth-order valence-corrected chi connectivity index (χ4v) is 3.41. The minimum Gasteiger partial charge on any atom is -0.296 e. The van der Waals surface area contributed by atoms with Crippen molar-refractivity contribution < 1.29 is 9.72 Å². The lowest BCUT2D eigenvalue weighted by Gasteiger charge is -2.09. The van der Waals surface area contributed by atoms with E-state index in [2.05, 4.69) is 15.5 Å². The Kier molecular flexibility index (Phi) is 5.27. The van der Waals surface area contributed by atoms with E-state index in [9.17, 15) is 14.9 Å². The highest BCUT2D eigenvalue weighted by molar-refractivity contribution is 7.99. The molecule has 0 unspecified atom stereocenters. The summed E-state index contributed by atoms with van der Waals surface area (Å²) < 4.78 is 0. The van der Waals surface area contributed by atoms with E-state index in [4.69, 9.17) is 11.6 Å². The fourth-order valence-electron chi connectivity index (χ4n) is 1.92. The highest BCUT2D eigenvalue weighted by atomic mass is 35.5. The van der Waals surface area contributed by atoms with E-state index in [1.165, 1.54) is 29.4 Å². The van der Waals surface area contributed by atoms with E-state index in [1.54, 1.807) is 30.3 Å². The lowest BCUT2D eigenvalue weighted by molar-refractivity contribution is -0.384. The molecule has 0 aliphatic carbocycles. The molecule has 0 saturated heterocycles. The summed E-state index contributed by atoms with van der Waals surface area (Å²) in [6.45, 7) is 0. The van der Waals surface area contributed by atoms with E-state index < -0.39 is 10.8 Å². The second-order valence-corrected chi connectivity index (χ2v) is 7.08. The van der Waals surface area contributed by atoms with E-state index in [-0.39, 0.29) is 11.3 Å². The van der Waals surface area contributed by atoms with E-state index in [1.807, 2.05) is 0 Å². The van der Waals surface area contributed by atoms with Gasteiger partial charge in [0, 0.05) is 26.9 Å². The number of anilines is 1. The Morgan fingerprint density at radius 2 is 2.00 bits per heavy atom. The zero-order valence-electron chi connectivity index (χ0n) is 12.4. The summed E-state index contributed by atoms with van der Waals surface area (Å²) in [5.74, 6) is -0.489. The molecule has 0 atom stereocenters. The highest BCUT2D eigenvalue weighted by Gasteiger charge is 2.18. The zero-order valence-corrected chi connectivity index (χ0v) is 14.8. The van der Waals surface area contributed by atoms with Crippen LogP contribution in [0.1, 0.15) is 10.4 Å². The van der Waals surface area contributed by atoms with Gasteiger partial charge in [0.2, 0.25) is 5.13 Å². The van der Waals surface area contributed by atoms with Gasteiger partial charge < -0.3 is 0 Å². The van der Waals surface area contributed by atoms with E-state index in [0.29, 0.717) is 15.0 Å². The predicted octanol–water partition coefficient (Wildman–Crippen LogP) is 4.50. The molecular weight excluding hydrogens is 384 g/mol. The Labute approximate surface area is 155 Å². The molecule has 0 saturated carbocycles. The standard InChI is InChI=1S/C15H9ClN4O3S2/c16-9-1-4-11(5-2-9)25-13-6-3-10(20(22)23)7-12(13)14(21)18-15-19-17-8-24-15/h1-8H,(H,18,19,21). The lowest BCUT2D eigenvalue weighted by atomic mass is 10.2. The van der Waals surface area contributed by atoms with Crippen LogP contribution < -0.4 is 5.32 Å². The third-order valence-electron chi connectivity index (χ3n) is 3.04. The Balaban J connectivity index is 1.94. The SMILES string of the molecule is O=C(Nc1nncs1)c1cc([N+](=O)[O-])ccc1Sc1ccc(Cl)cc1. The van der Waals surface area contributed by atoms with Crippen LogP contribution in [-0.4, -0.2) is 21.0 Å². The van der Waals surface area contributed by atoms with Crippen LogP contribution in [0.3, 0.4) is 0 Å². The zero-order chi connectivity index (χ0) is 17.8. The molecule has 126 valence electrons. The number of nitrogens with one attached hydrogen (secondary N) is 1. The Morgan fingerprint density at radius 1 is 1.24 bits per heavy atom. The van der Waals surface area contributed by atoms with Crippen molar-refractivity contribution in [3.8, 4) is 0 Å². The monoisotopic (exact) mass is 392 g/mol. The Hall–Kier alpha value is -2.49. The smallest absolute Gasteiger partial charge is 0.270 e. The maximum Gasteiger partial charge on any atom is 0.270 e. The van der Waals surface area contributed by atoms with Crippen LogP contribution in [0.2, 0.25) is 5.02 Å². The van der Waals surface area contributed by atoms with Crippen molar-refractivity contribution in [3.05, 3.63) is 68.7 Å². The van der Waals surface area contributed by atoms with Crippen molar-refractivity contribution >= 4 is 51.4 Å². The maximum atomic E-state index is 12.5. The summed E-state index contributed by atoms with van der Waals surface area (Å²) in [4.78, 5) is 24.4. The normalized spacial score (nSPS) is 10.4. The van der Waals surface area contributed by atoms with Crippen LogP contribution in [0.15, 0.2) is 57.8 Å². The molecule has 3 rings (SSSR count). The fraction of sp³-hybridized carbons (Fsp3) is 0. The Morgan fingerprint density at radius 3 is 2.64 bits per heavy atom. The van der Waals surface area contributed by atoms with Crippen LogP contribution in [0.25, 0.3) is 0 Å². The van der Waals surface area contributed by atoms with Gasteiger partial charge in [0.25, 0.3) is 11.6 Å². The van der Waals surface area contributed by atoms with Crippen molar-refractivity contribution in [3.63, 3.8) is 0 Å².